The highest BCUT2D eigenvalue weighted by Gasteiger charge is 2.30. The molecule has 0 N–H and O–H groups in total. The van der Waals surface area contributed by atoms with E-state index in [0.29, 0.717) is 36.4 Å². The van der Waals surface area contributed by atoms with E-state index in [1.807, 2.05) is 32.6 Å². The third-order valence-electron chi connectivity index (χ3n) is 7.30. The first-order valence-corrected chi connectivity index (χ1v) is 13.5. The number of amides is 1. The van der Waals surface area contributed by atoms with Crippen LogP contribution in [0, 0.1) is 18.6 Å². The molecule has 1 aliphatic heterocycles. The third kappa shape index (κ3) is 4.72. The van der Waals surface area contributed by atoms with Crippen molar-refractivity contribution in [1.29, 1.82) is 0 Å². The maximum Gasteiger partial charge on any atom is 0.355 e. The molecule has 40 heavy (non-hydrogen) atoms. The molecule has 1 aromatic carbocycles. The molecule has 0 spiro atoms. The number of rotatable bonds is 4. The zero-order valence-corrected chi connectivity index (χ0v) is 23.8. The minimum absolute atomic E-state index is 0.0437. The van der Waals surface area contributed by atoms with Gasteiger partial charge in [0.25, 0.3) is 0 Å². The van der Waals surface area contributed by atoms with Crippen LogP contribution in [0.2, 0.25) is 0 Å². The molecule has 4 heterocycles. The second-order valence-electron chi connectivity index (χ2n) is 10.4. The molecule has 1 saturated heterocycles. The Bertz CT molecular complexity index is 1690. The maximum absolute atomic E-state index is 15.8. The summed E-state index contributed by atoms with van der Waals surface area (Å²) < 4.78 is 32.2. The Hall–Kier alpha value is -3.86. The van der Waals surface area contributed by atoms with E-state index in [1.165, 1.54) is 29.7 Å². The fourth-order valence-electron chi connectivity index (χ4n) is 5.29. The Kier molecular flexibility index (Phi) is 7.34. The molecular formula is C29H30F2N6O2S. The lowest BCUT2D eigenvalue weighted by Crippen LogP contribution is -2.54. The predicted octanol–water partition coefficient (Wildman–Crippen LogP) is 4.90. The molecule has 4 aromatic rings. The topological polar surface area (TPSA) is 84.2 Å². The van der Waals surface area contributed by atoms with Gasteiger partial charge >= 0.3 is 5.69 Å². The fourth-order valence-corrected chi connectivity index (χ4v) is 5.59. The maximum atomic E-state index is 15.8. The van der Waals surface area contributed by atoms with E-state index in [-0.39, 0.29) is 45.5 Å². The largest absolute Gasteiger partial charge is 0.355 e. The van der Waals surface area contributed by atoms with Gasteiger partial charge in [0.15, 0.2) is 11.5 Å². The van der Waals surface area contributed by atoms with Crippen molar-refractivity contribution in [2.24, 2.45) is 0 Å². The third-order valence-corrected chi connectivity index (χ3v) is 7.67. The second-order valence-corrected chi connectivity index (χ2v) is 10.9. The Balaban J connectivity index is 1.86. The zero-order chi connectivity index (χ0) is 28.9. The van der Waals surface area contributed by atoms with Crippen LogP contribution in [0.5, 0.6) is 0 Å². The predicted molar refractivity (Wildman–Crippen MR) is 153 cm³/mol. The van der Waals surface area contributed by atoms with Crippen LogP contribution in [0.15, 0.2) is 46.2 Å². The van der Waals surface area contributed by atoms with Gasteiger partial charge in [0.2, 0.25) is 5.91 Å². The van der Waals surface area contributed by atoms with Crippen LogP contribution < -0.4 is 10.6 Å². The Labute approximate surface area is 236 Å². The molecule has 8 nitrogen and oxygen atoms in total. The summed E-state index contributed by atoms with van der Waals surface area (Å²) in [7, 11) is 0. The van der Waals surface area contributed by atoms with Crippen molar-refractivity contribution in [2.45, 2.75) is 51.5 Å². The Morgan fingerprint density at radius 3 is 2.52 bits per heavy atom. The summed E-state index contributed by atoms with van der Waals surface area (Å²) in [6, 6.07) is 7.08. The highest BCUT2D eigenvalue weighted by molar-refractivity contribution is 7.80. The lowest BCUT2D eigenvalue weighted by atomic mass is 10.0. The number of hydrogen-bond donors (Lipinski definition) is 1. The summed E-state index contributed by atoms with van der Waals surface area (Å²) in [6.45, 7) is 10.5. The summed E-state index contributed by atoms with van der Waals surface area (Å²) in [5, 5.41) is 0.291. The first-order valence-electron chi connectivity index (χ1n) is 13.1. The lowest BCUT2D eigenvalue weighted by molar-refractivity contribution is -0.129. The van der Waals surface area contributed by atoms with Crippen LogP contribution in [-0.2, 0) is 4.79 Å². The number of aromatic nitrogens is 4. The van der Waals surface area contributed by atoms with E-state index < -0.39 is 17.3 Å². The van der Waals surface area contributed by atoms with Gasteiger partial charge in [-0.2, -0.15) is 4.98 Å². The number of fused-ring (bicyclic) bond motifs is 1. The molecule has 11 heteroatoms. The van der Waals surface area contributed by atoms with Gasteiger partial charge in [0, 0.05) is 43.7 Å². The number of carbonyl (C=O) groups excluding carboxylic acids is 1. The molecular weight excluding hydrogens is 534 g/mol. The molecule has 1 amide bonds. The van der Waals surface area contributed by atoms with Crippen molar-refractivity contribution >= 4 is 35.4 Å². The summed E-state index contributed by atoms with van der Waals surface area (Å²) in [6.07, 6.45) is 1.67. The first-order chi connectivity index (χ1) is 19.0. The molecule has 0 saturated carbocycles. The number of halogens is 2. The van der Waals surface area contributed by atoms with Crippen LogP contribution in [0.3, 0.4) is 0 Å². The molecule has 1 aliphatic rings. The second kappa shape index (κ2) is 10.6. The zero-order valence-electron chi connectivity index (χ0n) is 22.9. The number of anilines is 1. The van der Waals surface area contributed by atoms with Gasteiger partial charge in [-0.25, -0.2) is 23.1 Å². The molecule has 0 aliphatic carbocycles. The summed E-state index contributed by atoms with van der Waals surface area (Å²) >= 11 is 4.36. The molecule has 3 aromatic heterocycles. The van der Waals surface area contributed by atoms with Crippen molar-refractivity contribution in [3.63, 3.8) is 0 Å². The number of benzene rings is 1. The van der Waals surface area contributed by atoms with Gasteiger partial charge < -0.3 is 9.80 Å². The average Bonchev–Trinajstić information content (AvgIpc) is 2.89. The molecule has 208 valence electrons. The van der Waals surface area contributed by atoms with E-state index in [2.05, 4.69) is 27.6 Å². The number of thiol groups is 1. The quantitative estimate of drug-likeness (QED) is 0.355. The van der Waals surface area contributed by atoms with Crippen molar-refractivity contribution in [1.82, 2.24) is 24.4 Å². The molecule has 0 bridgehead atoms. The normalized spacial score (nSPS) is 15.8. The lowest BCUT2D eigenvalue weighted by Gasteiger charge is -2.40. The Morgan fingerprint density at radius 2 is 1.88 bits per heavy atom. The van der Waals surface area contributed by atoms with E-state index in [1.54, 1.807) is 23.2 Å². The number of nitrogens with zero attached hydrogens (tertiary/aromatic N) is 6. The summed E-state index contributed by atoms with van der Waals surface area (Å²) in [4.78, 5) is 43.3. The van der Waals surface area contributed by atoms with Gasteiger partial charge in [0.05, 0.1) is 22.3 Å². The van der Waals surface area contributed by atoms with Gasteiger partial charge in [0.1, 0.15) is 17.3 Å². The van der Waals surface area contributed by atoms with E-state index in [0.717, 1.165) is 5.56 Å². The monoisotopic (exact) mass is 564 g/mol. The number of pyridine rings is 2. The minimum atomic E-state index is -0.775. The van der Waals surface area contributed by atoms with Crippen LogP contribution in [0.4, 0.5) is 14.6 Å². The smallest absolute Gasteiger partial charge is 0.350 e. The highest BCUT2D eigenvalue weighted by atomic mass is 32.1. The van der Waals surface area contributed by atoms with Crippen LogP contribution >= 0.6 is 12.6 Å². The summed E-state index contributed by atoms with van der Waals surface area (Å²) in [5.41, 5.74) is 1.06. The van der Waals surface area contributed by atoms with Gasteiger partial charge in [-0.05, 0) is 49.6 Å². The molecule has 5 rings (SSSR count). The number of carbonyl (C=O) groups is 1. The first kappa shape index (κ1) is 27.7. The fraction of sp³-hybridized carbons (Fsp3) is 0.345. The van der Waals surface area contributed by atoms with Crippen molar-refractivity contribution in [3.05, 3.63) is 69.9 Å². The van der Waals surface area contributed by atoms with E-state index >= 15 is 4.39 Å². The van der Waals surface area contributed by atoms with Crippen LogP contribution in [0.1, 0.15) is 44.9 Å². The van der Waals surface area contributed by atoms with Gasteiger partial charge in [-0.3, -0.25) is 9.78 Å². The van der Waals surface area contributed by atoms with Gasteiger partial charge in [-0.1, -0.05) is 19.9 Å². The number of hydrogen-bond acceptors (Lipinski definition) is 7. The van der Waals surface area contributed by atoms with Crippen LogP contribution in [0.25, 0.3) is 28.0 Å². The van der Waals surface area contributed by atoms with E-state index in [9.17, 15) is 14.0 Å². The Morgan fingerprint density at radius 1 is 1.12 bits per heavy atom. The molecule has 0 unspecified atom stereocenters. The van der Waals surface area contributed by atoms with Gasteiger partial charge in [-0.15, -0.1) is 12.6 Å². The molecule has 1 atom stereocenters. The average molecular weight is 565 g/mol. The molecule has 0 radical (unpaired) electrons. The number of aryl methyl sites for hydroxylation is 1. The van der Waals surface area contributed by atoms with Crippen molar-refractivity contribution in [3.8, 4) is 16.9 Å². The van der Waals surface area contributed by atoms with Crippen molar-refractivity contribution in [2.75, 3.05) is 24.5 Å². The minimum Gasteiger partial charge on any atom is -0.350 e. The highest BCUT2D eigenvalue weighted by Crippen LogP contribution is 2.35. The van der Waals surface area contributed by atoms with Crippen molar-refractivity contribution < 1.29 is 13.6 Å². The standard InChI is InChI=1S/C29H30F2N6O2S/c1-15(2)24-26(16(3)9-10-32-24)37-28-19(13-21(31)25(33-28)23-20(30)7-6-8-22(23)40)27(34-29(37)39)36-12-11-35(18(5)38)14-17(36)4/h6-10,13,15,17,40H,11-12,14H2,1-5H3/t17-/m0/s1. The molecule has 1 fully saturated rings. The number of piperazine rings is 1. The van der Waals surface area contributed by atoms with E-state index in [4.69, 9.17) is 0 Å². The summed E-state index contributed by atoms with van der Waals surface area (Å²) in [5.74, 6) is -1.29. The van der Waals surface area contributed by atoms with Crippen LogP contribution in [-0.4, -0.2) is 56.0 Å². The SMILES string of the molecule is CC(=O)N1CCN(c2nc(=O)n(-c3c(C)ccnc3C(C)C)c3nc(-c4c(F)cccc4S)c(F)cc23)[C@@H](C)C1.